The first-order valence-corrected chi connectivity index (χ1v) is 8.78. The van der Waals surface area contributed by atoms with E-state index in [9.17, 15) is 0 Å². The number of aromatic nitrogens is 3. The lowest BCUT2D eigenvalue weighted by atomic mass is 9.91. The number of pyridine rings is 1. The van der Waals surface area contributed by atoms with E-state index in [2.05, 4.69) is 30.4 Å². The second-order valence-electron chi connectivity index (χ2n) is 6.97. The fraction of sp³-hybridized carbons (Fsp3) is 0.667. The van der Waals surface area contributed by atoms with Gasteiger partial charge in [0.15, 0.2) is 5.82 Å². The van der Waals surface area contributed by atoms with Crippen LogP contribution in [0.2, 0.25) is 0 Å². The normalized spacial score (nSPS) is 14.7. The van der Waals surface area contributed by atoms with Crippen LogP contribution >= 0.6 is 0 Å². The minimum Gasteiger partial charge on any atom is -0.382 e. The highest BCUT2D eigenvalue weighted by Crippen LogP contribution is 2.33. The van der Waals surface area contributed by atoms with Gasteiger partial charge in [-0.25, -0.2) is 4.98 Å². The molecule has 0 aliphatic heterocycles. The Morgan fingerprint density at radius 2 is 2.00 bits per heavy atom. The van der Waals surface area contributed by atoms with Crippen molar-refractivity contribution in [3.63, 3.8) is 0 Å². The van der Waals surface area contributed by atoms with Crippen LogP contribution in [0.15, 0.2) is 0 Å². The van der Waals surface area contributed by atoms with Crippen molar-refractivity contribution in [2.75, 3.05) is 5.73 Å². The molecule has 0 amide bonds. The number of nitrogens with two attached hydrogens (primary N) is 1. The number of hydrogen-bond donors (Lipinski definition) is 1. The molecule has 22 heavy (non-hydrogen) atoms. The first kappa shape index (κ1) is 15.3. The molecule has 0 aromatic carbocycles. The number of unbranched alkanes of at least 4 members (excludes halogenated alkanes) is 1. The highest BCUT2D eigenvalue weighted by Gasteiger charge is 2.23. The zero-order chi connectivity index (χ0) is 15.7. The van der Waals surface area contributed by atoms with Crippen LogP contribution in [0, 0.1) is 5.92 Å². The summed E-state index contributed by atoms with van der Waals surface area (Å²) in [5.74, 6) is 1.24. The van der Waals surface area contributed by atoms with Gasteiger partial charge in [-0.3, -0.25) is 4.68 Å². The van der Waals surface area contributed by atoms with Crippen molar-refractivity contribution in [2.45, 2.75) is 72.3 Å². The standard InChI is InChI=1S/C18H28N4/c1-4-5-10-22-15(11-12(2)3)16-13-8-6-7-9-14(13)20-18(19)17(16)21-22/h12H,4-11H2,1-3H3,(H2,19,20). The number of nitrogen functional groups attached to an aromatic ring is 1. The number of fused-ring (bicyclic) bond motifs is 3. The lowest BCUT2D eigenvalue weighted by molar-refractivity contribution is 0.525. The van der Waals surface area contributed by atoms with Crippen LogP contribution in [-0.4, -0.2) is 14.8 Å². The Kier molecular flexibility index (Phi) is 4.37. The van der Waals surface area contributed by atoms with Crippen LogP contribution in [0.25, 0.3) is 10.9 Å². The van der Waals surface area contributed by atoms with E-state index in [1.807, 2.05) is 0 Å². The molecule has 0 atom stereocenters. The fourth-order valence-electron chi connectivity index (χ4n) is 3.56. The number of rotatable bonds is 5. The van der Waals surface area contributed by atoms with Crippen molar-refractivity contribution in [3.05, 3.63) is 17.0 Å². The van der Waals surface area contributed by atoms with Crippen molar-refractivity contribution in [1.29, 1.82) is 0 Å². The molecule has 2 aromatic heterocycles. The number of anilines is 1. The van der Waals surface area contributed by atoms with Gasteiger partial charge >= 0.3 is 0 Å². The summed E-state index contributed by atoms with van der Waals surface area (Å²) < 4.78 is 2.21. The van der Waals surface area contributed by atoms with Crippen molar-refractivity contribution in [3.8, 4) is 0 Å². The number of aryl methyl sites for hydroxylation is 3. The molecule has 0 saturated carbocycles. The third-order valence-electron chi connectivity index (χ3n) is 4.62. The molecule has 0 saturated heterocycles. The second kappa shape index (κ2) is 6.27. The van der Waals surface area contributed by atoms with E-state index < -0.39 is 0 Å². The van der Waals surface area contributed by atoms with E-state index in [0.29, 0.717) is 11.7 Å². The van der Waals surface area contributed by atoms with E-state index in [0.717, 1.165) is 37.7 Å². The molecule has 2 heterocycles. The quantitative estimate of drug-likeness (QED) is 0.911. The van der Waals surface area contributed by atoms with Crippen LogP contribution in [0.5, 0.6) is 0 Å². The molecular formula is C18H28N4. The summed E-state index contributed by atoms with van der Waals surface area (Å²) in [4.78, 5) is 4.66. The van der Waals surface area contributed by atoms with Crippen LogP contribution in [-0.2, 0) is 25.8 Å². The van der Waals surface area contributed by atoms with Crippen molar-refractivity contribution < 1.29 is 0 Å². The van der Waals surface area contributed by atoms with Gasteiger partial charge in [0.1, 0.15) is 5.52 Å². The van der Waals surface area contributed by atoms with E-state index in [-0.39, 0.29) is 0 Å². The maximum absolute atomic E-state index is 6.24. The highest BCUT2D eigenvalue weighted by molar-refractivity contribution is 5.93. The predicted octanol–water partition coefficient (Wildman–Crippen LogP) is 3.89. The number of nitrogens with zero attached hydrogens (tertiary/aromatic N) is 3. The Hall–Kier alpha value is -1.58. The smallest absolute Gasteiger partial charge is 0.152 e. The van der Waals surface area contributed by atoms with Crippen LogP contribution in [0.1, 0.15) is 63.4 Å². The molecule has 0 spiro atoms. The Labute approximate surface area is 133 Å². The molecule has 4 heteroatoms. The van der Waals surface area contributed by atoms with Gasteiger partial charge in [-0.2, -0.15) is 5.10 Å². The van der Waals surface area contributed by atoms with Crippen molar-refractivity contribution >= 4 is 16.7 Å². The Balaban J connectivity index is 2.21. The average Bonchev–Trinajstić information content (AvgIpc) is 2.84. The van der Waals surface area contributed by atoms with Gasteiger partial charge in [0.2, 0.25) is 0 Å². The Morgan fingerprint density at radius 3 is 2.73 bits per heavy atom. The van der Waals surface area contributed by atoms with Gasteiger partial charge < -0.3 is 5.73 Å². The molecule has 2 N–H and O–H groups in total. The Bertz CT molecular complexity index is 670. The largest absolute Gasteiger partial charge is 0.382 e. The minimum absolute atomic E-state index is 0.619. The van der Waals surface area contributed by atoms with Gasteiger partial charge in [0.05, 0.1) is 0 Å². The van der Waals surface area contributed by atoms with Crippen LogP contribution in [0.3, 0.4) is 0 Å². The van der Waals surface area contributed by atoms with Gasteiger partial charge in [0.25, 0.3) is 0 Å². The van der Waals surface area contributed by atoms with Gasteiger partial charge in [-0.05, 0) is 50.0 Å². The summed E-state index contributed by atoms with van der Waals surface area (Å²) in [6, 6.07) is 0. The molecule has 1 aliphatic carbocycles. The summed E-state index contributed by atoms with van der Waals surface area (Å²) in [6.45, 7) is 7.77. The molecular weight excluding hydrogens is 272 g/mol. The molecule has 4 nitrogen and oxygen atoms in total. The highest BCUT2D eigenvalue weighted by atomic mass is 15.3. The molecule has 0 unspecified atom stereocenters. The van der Waals surface area contributed by atoms with E-state index >= 15 is 0 Å². The van der Waals surface area contributed by atoms with Gasteiger partial charge in [-0.1, -0.05) is 27.2 Å². The van der Waals surface area contributed by atoms with E-state index in [1.165, 1.54) is 41.6 Å². The first-order valence-electron chi connectivity index (χ1n) is 8.78. The monoisotopic (exact) mass is 300 g/mol. The lowest BCUT2D eigenvalue weighted by Crippen LogP contribution is -2.10. The maximum atomic E-state index is 6.24. The third-order valence-corrected chi connectivity index (χ3v) is 4.62. The minimum atomic E-state index is 0.619. The molecule has 0 bridgehead atoms. The van der Waals surface area contributed by atoms with Crippen LogP contribution in [0.4, 0.5) is 5.82 Å². The van der Waals surface area contributed by atoms with Crippen LogP contribution < -0.4 is 5.73 Å². The average molecular weight is 300 g/mol. The maximum Gasteiger partial charge on any atom is 0.152 e. The van der Waals surface area contributed by atoms with E-state index in [4.69, 9.17) is 10.8 Å². The molecule has 2 aromatic rings. The zero-order valence-electron chi connectivity index (χ0n) is 14.2. The summed E-state index contributed by atoms with van der Waals surface area (Å²) in [5, 5.41) is 6.17. The zero-order valence-corrected chi connectivity index (χ0v) is 14.2. The molecule has 1 aliphatic rings. The van der Waals surface area contributed by atoms with Crippen molar-refractivity contribution in [1.82, 2.24) is 14.8 Å². The van der Waals surface area contributed by atoms with Gasteiger partial charge in [-0.15, -0.1) is 0 Å². The van der Waals surface area contributed by atoms with Gasteiger partial charge in [0, 0.05) is 23.3 Å². The molecule has 120 valence electrons. The Morgan fingerprint density at radius 1 is 1.23 bits per heavy atom. The third kappa shape index (κ3) is 2.71. The fourth-order valence-corrected chi connectivity index (χ4v) is 3.56. The molecule has 0 radical (unpaired) electrons. The van der Waals surface area contributed by atoms with Crippen molar-refractivity contribution in [2.24, 2.45) is 5.92 Å². The predicted molar refractivity (Wildman–Crippen MR) is 92.0 cm³/mol. The molecule has 3 rings (SSSR count). The summed E-state index contributed by atoms with van der Waals surface area (Å²) in [5.41, 5.74) is 11.2. The second-order valence-corrected chi connectivity index (χ2v) is 6.97. The molecule has 0 fully saturated rings. The SMILES string of the molecule is CCCCn1nc2c(N)nc3c(c2c1CC(C)C)CCCC3. The lowest BCUT2D eigenvalue weighted by Gasteiger charge is -2.17. The topological polar surface area (TPSA) is 56.7 Å². The first-order chi connectivity index (χ1) is 10.6. The summed E-state index contributed by atoms with van der Waals surface area (Å²) >= 11 is 0. The summed E-state index contributed by atoms with van der Waals surface area (Å²) in [6.07, 6.45) is 8.09. The van der Waals surface area contributed by atoms with E-state index in [1.54, 1.807) is 0 Å². The number of hydrogen-bond acceptors (Lipinski definition) is 3. The summed E-state index contributed by atoms with van der Waals surface area (Å²) in [7, 11) is 0.